The third-order valence-electron chi connectivity index (χ3n) is 3.84. The van der Waals surface area contributed by atoms with Crippen LogP contribution in [0.15, 0.2) is 4.99 Å². The predicted molar refractivity (Wildman–Crippen MR) is 101 cm³/mol. The van der Waals surface area contributed by atoms with Gasteiger partial charge in [-0.3, -0.25) is 4.99 Å². The third kappa shape index (κ3) is 10.3. The number of aliphatic hydroxyl groups is 1. The van der Waals surface area contributed by atoms with Crippen LogP contribution in [-0.2, 0) is 0 Å². The fraction of sp³-hybridized carbons (Fsp3) is 0.938. The van der Waals surface area contributed by atoms with Crippen molar-refractivity contribution in [3.8, 4) is 0 Å². The molecule has 21 heavy (non-hydrogen) atoms. The Morgan fingerprint density at radius 2 is 1.86 bits per heavy atom. The molecule has 0 unspecified atom stereocenters. The Kier molecular flexibility index (Phi) is 12.5. The Balaban J connectivity index is 0.00000400. The summed E-state index contributed by atoms with van der Waals surface area (Å²) >= 11 is 0. The Morgan fingerprint density at radius 1 is 1.19 bits per heavy atom. The number of unbranched alkanes of at least 4 members (excludes halogenated alkanes) is 1. The molecule has 1 aliphatic carbocycles. The van der Waals surface area contributed by atoms with Crippen LogP contribution in [0.25, 0.3) is 0 Å². The van der Waals surface area contributed by atoms with Crippen LogP contribution in [0, 0.1) is 5.92 Å². The van der Waals surface area contributed by atoms with Gasteiger partial charge in [0, 0.05) is 19.1 Å². The number of rotatable bonds is 7. The molecule has 1 fully saturated rings. The lowest BCUT2D eigenvalue weighted by Crippen LogP contribution is -2.45. The van der Waals surface area contributed by atoms with Crippen molar-refractivity contribution in [3.63, 3.8) is 0 Å². The molecule has 1 aliphatic rings. The largest absolute Gasteiger partial charge is 0.393 e. The highest BCUT2D eigenvalue weighted by atomic mass is 127. The van der Waals surface area contributed by atoms with E-state index in [1.807, 2.05) is 0 Å². The van der Waals surface area contributed by atoms with Crippen molar-refractivity contribution >= 4 is 29.9 Å². The zero-order chi connectivity index (χ0) is 14.8. The van der Waals surface area contributed by atoms with Gasteiger partial charge in [-0.05, 0) is 44.9 Å². The summed E-state index contributed by atoms with van der Waals surface area (Å²) in [6, 6.07) is 0.465. The first-order chi connectivity index (χ1) is 9.61. The van der Waals surface area contributed by atoms with Gasteiger partial charge in [-0.15, -0.1) is 24.0 Å². The van der Waals surface area contributed by atoms with E-state index in [-0.39, 0.29) is 30.1 Å². The first-order valence-electron chi connectivity index (χ1n) is 8.34. The summed E-state index contributed by atoms with van der Waals surface area (Å²) in [6.45, 7) is 8.43. The minimum absolute atomic E-state index is 0. The number of aliphatic hydroxyl groups excluding tert-OH is 1. The van der Waals surface area contributed by atoms with Crippen LogP contribution in [0.3, 0.4) is 0 Å². The maximum Gasteiger partial charge on any atom is 0.191 e. The van der Waals surface area contributed by atoms with Gasteiger partial charge in [0.15, 0.2) is 5.96 Å². The molecule has 0 heterocycles. The lowest BCUT2D eigenvalue weighted by Gasteiger charge is -2.27. The quantitative estimate of drug-likeness (QED) is 0.261. The van der Waals surface area contributed by atoms with Crippen LogP contribution in [0.1, 0.15) is 65.7 Å². The molecule has 5 heteroatoms. The second-order valence-corrected chi connectivity index (χ2v) is 6.30. The third-order valence-corrected chi connectivity index (χ3v) is 3.84. The molecule has 4 nitrogen and oxygen atoms in total. The molecule has 0 aliphatic heterocycles. The monoisotopic (exact) mass is 411 g/mol. The van der Waals surface area contributed by atoms with Crippen LogP contribution < -0.4 is 10.6 Å². The van der Waals surface area contributed by atoms with Crippen molar-refractivity contribution in [2.24, 2.45) is 10.9 Å². The number of nitrogens with zero attached hydrogens (tertiary/aromatic N) is 1. The number of hydrogen-bond donors (Lipinski definition) is 3. The molecule has 0 amide bonds. The van der Waals surface area contributed by atoms with E-state index in [2.05, 4.69) is 36.4 Å². The SMILES string of the molecule is CCNC(=NCCCCC(C)C)NC1CCC(O)CC1.I. The lowest BCUT2D eigenvalue weighted by molar-refractivity contribution is 0.120. The molecule has 0 saturated heterocycles. The molecule has 0 atom stereocenters. The second-order valence-electron chi connectivity index (χ2n) is 6.30. The molecule has 126 valence electrons. The van der Waals surface area contributed by atoms with Gasteiger partial charge in [0.05, 0.1) is 6.10 Å². The van der Waals surface area contributed by atoms with Gasteiger partial charge in [-0.25, -0.2) is 0 Å². The van der Waals surface area contributed by atoms with Crippen molar-refractivity contribution in [2.75, 3.05) is 13.1 Å². The Morgan fingerprint density at radius 3 is 2.43 bits per heavy atom. The molecular weight excluding hydrogens is 377 g/mol. The number of nitrogens with one attached hydrogen (secondary N) is 2. The Bertz CT molecular complexity index is 277. The molecule has 0 radical (unpaired) electrons. The van der Waals surface area contributed by atoms with Crippen molar-refractivity contribution in [3.05, 3.63) is 0 Å². The van der Waals surface area contributed by atoms with E-state index in [9.17, 15) is 5.11 Å². The summed E-state index contributed by atoms with van der Waals surface area (Å²) in [5.41, 5.74) is 0. The van der Waals surface area contributed by atoms with Crippen molar-refractivity contribution < 1.29 is 5.11 Å². The standard InChI is InChI=1S/C16H33N3O.HI/c1-4-17-16(18-12-6-5-7-13(2)3)19-14-8-10-15(20)11-9-14;/h13-15,20H,4-12H2,1-3H3,(H2,17,18,19);1H. The molecule has 0 aromatic carbocycles. The smallest absolute Gasteiger partial charge is 0.191 e. The van der Waals surface area contributed by atoms with Crippen LogP contribution in [-0.4, -0.2) is 36.3 Å². The van der Waals surface area contributed by atoms with E-state index < -0.39 is 0 Å². The van der Waals surface area contributed by atoms with E-state index in [1.54, 1.807) is 0 Å². The van der Waals surface area contributed by atoms with Gasteiger partial charge in [-0.1, -0.05) is 26.7 Å². The molecule has 0 spiro atoms. The molecule has 1 saturated carbocycles. The topological polar surface area (TPSA) is 56.7 Å². The minimum atomic E-state index is -0.0939. The average molecular weight is 411 g/mol. The van der Waals surface area contributed by atoms with Gasteiger partial charge in [-0.2, -0.15) is 0 Å². The fourth-order valence-electron chi connectivity index (χ4n) is 2.59. The van der Waals surface area contributed by atoms with Gasteiger partial charge in [0.25, 0.3) is 0 Å². The van der Waals surface area contributed by atoms with E-state index in [0.717, 1.165) is 57.1 Å². The molecule has 0 aromatic heterocycles. The Labute approximate surface area is 147 Å². The number of hydrogen-bond acceptors (Lipinski definition) is 2. The maximum atomic E-state index is 9.54. The zero-order valence-corrected chi connectivity index (χ0v) is 16.2. The highest BCUT2D eigenvalue weighted by Crippen LogP contribution is 2.18. The van der Waals surface area contributed by atoms with Crippen LogP contribution in [0.5, 0.6) is 0 Å². The molecule has 3 N–H and O–H groups in total. The summed E-state index contributed by atoms with van der Waals surface area (Å²) in [4.78, 5) is 4.66. The van der Waals surface area contributed by atoms with Crippen molar-refractivity contribution in [1.29, 1.82) is 0 Å². The number of aliphatic imine (C=N–C) groups is 1. The molecule has 0 bridgehead atoms. The second kappa shape index (κ2) is 12.5. The zero-order valence-electron chi connectivity index (χ0n) is 13.9. The molecule has 1 rings (SSSR count). The first-order valence-corrected chi connectivity index (χ1v) is 8.34. The summed E-state index contributed by atoms with van der Waals surface area (Å²) in [7, 11) is 0. The minimum Gasteiger partial charge on any atom is -0.393 e. The summed E-state index contributed by atoms with van der Waals surface area (Å²) in [5.74, 6) is 1.73. The van der Waals surface area contributed by atoms with Crippen LogP contribution in [0.2, 0.25) is 0 Å². The Hall–Kier alpha value is -0.0400. The number of guanidine groups is 1. The first kappa shape index (κ1) is 21.0. The molecular formula is C16H34IN3O. The average Bonchev–Trinajstić information content (AvgIpc) is 2.40. The van der Waals surface area contributed by atoms with E-state index >= 15 is 0 Å². The summed E-state index contributed by atoms with van der Waals surface area (Å²) in [6.07, 6.45) is 7.52. The summed E-state index contributed by atoms with van der Waals surface area (Å²) in [5, 5.41) is 16.4. The van der Waals surface area contributed by atoms with Gasteiger partial charge < -0.3 is 15.7 Å². The van der Waals surface area contributed by atoms with E-state index in [4.69, 9.17) is 0 Å². The van der Waals surface area contributed by atoms with Crippen LogP contribution in [0.4, 0.5) is 0 Å². The van der Waals surface area contributed by atoms with Crippen molar-refractivity contribution in [2.45, 2.75) is 77.9 Å². The highest BCUT2D eigenvalue weighted by Gasteiger charge is 2.19. The normalized spacial score (nSPS) is 22.8. The summed E-state index contributed by atoms with van der Waals surface area (Å²) < 4.78 is 0. The maximum absolute atomic E-state index is 9.54. The fourth-order valence-corrected chi connectivity index (χ4v) is 2.59. The van der Waals surface area contributed by atoms with E-state index in [1.165, 1.54) is 12.8 Å². The molecule has 0 aromatic rings. The van der Waals surface area contributed by atoms with Crippen molar-refractivity contribution in [1.82, 2.24) is 10.6 Å². The van der Waals surface area contributed by atoms with Gasteiger partial charge in [0.1, 0.15) is 0 Å². The highest BCUT2D eigenvalue weighted by molar-refractivity contribution is 14.0. The van der Waals surface area contributed by atoms with E-state index in [0.29, 0.717) is 6.04 Å². The van der Waals surface area contributed by atoms with Gasteiger partial charge >= 0.3 is 0 Å². The lowest BCUT2D eigenvalue weighted by atomic mass is 9.93. The van der Waals surface area contributed by atoms with Gasteiger partial charge in [0.2, 0.25) is 0 Å². The van der Waals surface area contributed by atoms with Crippen LogP contribution >= 0.6 is 24.0 Å². The number of halogens is 1. The predicted octanol–water partition coefficient (Wildman–Crippen LogP) is 3.29.